The molecule has 1 aromatic heterocycles. The molecule has 1 aromatic carbocycles. The number of aryl methyl sites for hydroxylation is 1. The first-order valence-corrected chi connectivity index (χ1v) is 10.1. The molecule has 3 rings (SSSR count). The van der Waals surface area contributed by atoms with Gasteiger partial charge in [-0.3, -0.25) is 9.69 Å². The van der Waals surface area contributed by atoms with Gasteiger partial charge in [-0.25, -0.2) is 4.79 Å². The molecule has 0 atom stereocenters. The van der Waals surface area contributed by atoms with Gasteiger partial charge in [0.2, 0.25) is 5.91 Å². The van der Waals surface area contributed by atoms with E-state index < -0.39 is 0 Å². The van der Waals surface area contributed by atoms with E-state index in [2.05, 4.69) is 15.8 Å². The van der Waals surface area contributed by atoms with E-state index in [1.165, 1.54) is 0 Å². The van der Waals surface area contributed by atoms with E-state index in [4.69, 9.17) is 27.7 Å². The molecular formula is C19H23Cl2N5O3. The molecule has 0 saturated carbocycles. The predicted molar refractivity (Wildman–Crippen MR) is 111 cm³/mol. The zero-order valence-electron chi connectivity index (χ0n) is 16.1. The largest absolute Gasteiger partial charge is 0.360 e. The second-order valence-electron chi connectivity index (χ2n) is 6.85. The number of urea groups is 1. The number of carbonyl (C=O) groups is 2. The van der Waals surface area contributed by atoms with Crippen LogP contribution >= 0.6 is 23.2 Å². The van der Waals surface area contributed by atoms with Crippen LogP contribution in [0.1, 0.15) is 11.3 Å². The average molecular weight is 440 g/mol. The molecule has 1 aliphatic heterocycles. The lowest BCUT2D eigenvalue weighted by Crippen LogP contribution is -2.53. The Bertz CT molecular complexity index is 865. The van der Waals surface area contributed by atoms with E-state index in [1.807, 2.05) is 11.0 Å². The van der Waals surface area contributed by atoms with Gasteiger partial charge in [-0.05, 0) is 31.0 Å². The number of nitrogens with one attached hydrogen (secondary N) is 2. The number of rotatable bonds is 6. The number of amides is 3. The fourth-order valence-corrected chi connectivity index (χ4v) is 3.56. The van der Waals surface area contributed by atoms with E-state index in [0.717, 1.165) is 5.56 Å². The predicted octanol–water partition coefficient (Wildman–Crippen LogP) is 2.80. The van der Waals surface area contributed by atoms with Crippen molar-refractivity contribution >= 4 is 41.0 Å². The van der Waals surface area contributed by atoms with E-state index >= 15 is 0 Å². The topological polar surface area (TPSA) is 90.7 Å². The van der Waals surface area contributed by atoms with Crippen molar-refractivity contribution in [1.29, 1.82) is 0 Å². The summed E-state index contributed by atoms with van der Waals surface area (Å²) in [7, 11) is 0. The molecule has 2 N–H and O–H groups in total. The second-order valence-corrected chi connectivity index (χ2v) is 7.70. The number of nitrogens with zero attached hydrogens (tertiary/aromatic N) is 3. The van der Waals surface area contributed by atoms with Crippen LogP contribution in [0.3, 0.4) is 0 Å². The molecule has 29 heavy (non-hydrogen) atoms. The van der Waals surface area contributed by atoms with E-state index in [9.17, 15) is 9.59 Å². The van der Waals surface area contributed by atoms with Crippen molar-refractivity contribution in [3.8, 4) is 0 Å². The minimum absolute atomic E-state index is 0.114. The summed E-state index contributed by atoms with van der Waals surface area (Å²) in [5.41, 5.74) is 0.939. The van der Waals surface area contributed by atoms with E-state index in [1.54, 1.807) is 30.0 Å². The van der Waals surface area contributed by atoms with Gasteiger partial charge < -0.3 is 20.1 Å². The number of carbonyl (C=O) groups excluding carboxylic acids is 2. The quantitative estimate of drug-likeness (QED) is 0.721. The molecule has 0 bridgehead atoms. The Morgan fingerprint density at radius 2 is 1.93 bits per heavy atom. The van der Waals surface area contributed by atoms with Crippen LogP contribution in [0.15, 0.2) is 28.8 Å². The van der Waals surface area contributed by atoms with Gasteiger partial charge in [0.05, 0.1) is 6.54 Å². The Morgan fingerprint density at radius 1 is 1.17 bits per heavy atom. The molecule has 2 heterocycles. The average Bonchev–Trinajstić information content (AvgIpc) is 3.08. The lowest BCUT2D eigenvalue weighted by molar-refractivity contribution is -0.117. The molecule has 1 aliphatic rings. The van der Waals surface area contributed by atoms with Crippen LogP contribution in [0.2, 0.25) is 10.0 Å². The van der Waals surface area contributed by atoms with Crippen molar-refractivity contribution in [1.82, 2.24) is 20.3 Å². The highest BCUT2D eigenvalue weighted by atomic mass is 35.5. The number of halogens is 2. The van der Waals surface area contributed by atoms with Crippen LogP contribution in [0.5, 0.6) is 0 Å². The van der Waals surface area contributed by atoms with Crippen molar-refractivity contribution in [2.75, 3.05) is 44.6 Å². The lowest BCUT2D eigenvalue weighted by Gasteiger charge is -2.34. The molecule has 3 amide bonds. The van der Waals surface area contributed by atoms with E-state index in [0.29, 0.717) is 60.8 Å². The standard InChI is InChI=1S/C19H23Cl2N5O3/c1-13-10-17(24-29-13)23-18(27)12-25-6-8-26(9-7-25)19(28)22-5-4-14-2-3-15(20)11-16(14)21/h2-3,10-11H,4-9,12H2,1H3,(H,22,28)(H,23,24,27). The third-order valence-corrected chi connectivity index (χ3v) is 5.19. The third kappa shape index (κ3) is 6.35. The second kappa shape index (κ2) is 9.96. The van der Waals surface area contributed by atoms with Gasteiger partial charge in [-0.2, -0.15) is 0 Å². The monoisotopic (exact) mass is 439 g/mol. The molecular weight excluding hydrogens is 417 g/mol. The van der Waals surface area contributed by atoms with Crippen LogP contribution in [0.4, 0.5) is 10.6 Å². The highest BCUT2D eigenvalue weighted by Crippen LogP contribution is 2.21. The summed E-state index contributed by atoms with van der Waals surface area (Å²) in [6.45, 7) is 4.87. The molecule has 10 heteroatoms. The van der Waals surface area contributed by atoms with Gasteiger partial charge in [0, 0.05) is 48.8 Å². The fourth-order valence-electron chi connectivity index (χ4n) is 3.06. The van der Waals surface area contributed by atoms with Crippen molar-refractivity contribution in [2.24, 2.45) is 0 Å². The Labute approximate surface area is 179 Å². The Balaban J connectivity index is 1.36. The van der Waals surface area contributed by atoms with Gasteiger partial charge >= 0.3 is 6.03 Å². The van der Waals surface area contributed by atoms with Crippen LogP contribution in [0.25, 0.3) is 0 Å². The maximum absolute atomic E-state index is 12.3. The van der Waals surface area contributed by atoms with Gasteiger partial charge in [-0.15, -0.1) is 0 Å². The minimum atomic E-state index is -0.156. The molecule has 0 radical (unpaired) electrons. The molecule has 0 unspecified atom stereocenters. The van der Waals surface area contributed by atoms with E-state index in [-0.39, 0.29) is 18.5 Å². The zero-order chi connectivity index (χ0) is 20.8. The molecule has 1 saturated heterocycles. The fraction of sp³-hybridized carbons (Fsp3) is 0.421. The summed E-state index contributed by atoms with van der Waals surface area (Å²) >= 11 is 12.0. The van der Waals surface area contributed by atoms with Crippen LogP contribution < -0.4 is 10.6 Å². The number of piperazine rings is 1. The first-order valence-electron chi connectivity index (χ1n) is 9.33. The van der Waals surface area contributed by atoms with Gasteiger partial charge in [0.25, 0.3) is 0 Å². The molecule has 2 aromatic rings. The van der Waals surface area contributed by atoms with Crippen LogP contribution in [-0.4, -0.2) is 66.2 Å². The van der Waals surface area contributed by atoms with Crippen LogP contribution in [-0.2, 0) is 11.2 Å². The molecule has 0 spiro atoms. The van der Waals surface area contributed by atoms with Crippen molar-refractivity contribution < 1.29 is 14.1 Å². The van der Waals surface area contributed by atoms with Gasteiger partial charge in [0.15, 0.2) is 5.82 Å². The molecule has 0 aliphatic carbocycles. The highest BCUT2D eigenvalue weighted by Gasteiger charge is 2.22. The smallest absolute Gasteiger partial charge is 0.317 e. The van der Waals surface area contributed by atoms with Crippen molar-refractivity contribution in [3.63, 3.8) is 0 Å². The van der Waals surface area contributed by atoms with Crippen LogP contribution in [0, 0.1) is 6.92 Å². The van der Waals surface area contributed by atoms with Crippen molar-refractivity contribution in [3.05, 3.63) is 45.6 Å². The normalized spacial score (nSPS) is 14.7. The Hall–Kier alpha value is -2.29. The molecule has 8 nitrogen and oxygen atoms in total. The number of aromatic nitrogens is 1. The van der Waals surface area contributed by atoms with Gasteiger partial charge in [-0.1, -0.05) is 34.4 Å². The first kappa shape index (κ1) is 21.4. The first-order chi connectivity index (χ1) is 13.9. The summed E-state index contributed by atoms with van der Waals surface area (Å²) in [5.74, 6) is 0.889. The molecule has 1 fully saturated rings. The summed E-state index contributed by atoms with van der Waals surface area (Å²) in [4.78, 5) is 28.2. The number of hydrogen-bond acceptors (Lipinski definition) is 5. The maximum atomic E-state index is 12.3. The Morgan fingerprint density at radius 3 is 2.59 bits per heavy atom. The third-order valence-electron chi connectivity index (χ3n) is 4.61. The zero-order valence-corrected chi connectivity index (χ0v) is 17.6. The summed E-state index contributed by atoms with van der Waals surface area (Å²) in [6.07, 6.45) is 0.628. The van der Waals surface area contributed by atoms with Gasteiger partial charge in [0.1, 0.15) is 5.76 Å². The maximum Gasteiger partial charge on any atom is 0.317 e. The van der Waals surface area contributed by atoms with Crippen molar-refractivity contribution in [2.45, 2.75) is 13.3 Å². The number of benzene rings is 1. The SMILES string of the molecule is Cc1cc(NC(=O)CN2CCN(C(=O)NCCc3ccc(Cl)cc3Cl)CC2)no1. The lowest BCUT2D eigenvalue weighted by atomic mass is 10.1. The molecule has 156 valence electrons. The summed E-state index contributed by atoms with van der Waals surface area (Å²) < 4.78 is 4.93. The highest BCUT2D eigenvalue weighted by molar-refractivity contribution is 6.35. The summed E-state index contributed by atoms with van der Waals surface area (Å²) in [6, 6.07) is 6.89. The minimum Gasteiger partial charge on any atom is -0.360 e. The Kier molecular flexibility index (Phi) is 7.35. The number of anilines is 1. The summed E-state index contributed by atoms with van der Waals surface area (Å²) in [5, 5.41) is 10.5. The number of hydrogen-bond donors (Lipinski definition) is 2.